The molecule has 0 bridgehead atoms. The Morgan fingerprint density at radius 2 is 2.20 bits per heavy atom. The van der Waals surface area contributed by atoms with E-state index >= 15 is 0 Å². The van der Waals surface area contributed by atoms with Crippen molar-refractivity contribution >= 4 is 38.9 Å². The molecule has 0 atom stereocenters. The Kier molecular flexibility index (Phi) is 4.57. The van der Waals surface area contributed by atoms with Crippen LogP contribution in [0.15, 0.2) is 34.9 Å². The van der Waals surface area contributed by atoms with Crippen LogP contribution < -0.4 is 5.32 Å². The molecule has 0 saturated heterocycles. The van der Waals surface area contributed by atoms with Crippen LogP contribution in [0.5, 0.6) is 0 Å². The van der Waals surface area contributed by atoms with Crippen LogP contribution >= 0.6 is 27.5 Å². The third-order valence-electron chi connectivity index (χ3n) is 2.74. The first-order valence-electron chi connectivity index (χ1n) is 5.76. The summed E-state index contributed by atoms with van der Waals surface area (Å²) in [6.07, 6.45) is 1.60. The first-order valence-corrected chi connectivity index (χ1v) is 6.93. The first-order chi connectivity index (χ1) is 9.47. The van der Waals surface area contributed by atoms with Gasteiger partial charge in [0.05, 0.1) is 16.8 Å². The standard InChI is InChI=1S/C13H11BrClN3O2/c1-8-4-11(7-17-13(8)15)16-6-9-2-3-10(14)5-12(9)18(19)20/h2-5,7,16H,6H2,1H3. The van der Waals surface area contributed by atoms with Crippen molar-refractivity contribution in [3.8, 4) is 0 Å². The second-order valence-corrected chi connectivity index (χ2v) is 5.49. The van der Waals surface area contributed by atoms with Gasteiger partial charge in [-0.05, 0) is 30.7 Å². The lowest BCUT2D eigenvalue weighted by atomic mass is 10.2. The average Bonchev–Trinajstić information content (AvgIpc) is 2.41. The van der Waals surface area contributed by atoms with Crippen LogP contribution in [-0.2, 0) is 6.54 Å². The molecule has 0 amide bonds. The fourth-order valence-electron chi connectivity index (χ4n) is 1.71. The quantitative estimate of drug-likeness (QED) is 0.503. The second-order valence-electron chi connectivity index (χ2n) is 4.22. The Hall–Kier alpha value is -1.66. The lowest BCUT2D eigenvalue weighted by Crippen LogP contribution is -2.03. The summed E-state index contributed by atoms with van der Waals surface area (Å²) in [6, 6.07) is 6.82. The highest BCUT2D eigenvalue weighted by Crippen LogP contribution is 2.24. The number of aryl methyl sites for hydroxylation is 1. The van der Waals surface area contributed by atoms with Gasteiger partial charge in [-0.2, -0.15) is 0 Å². The summed E-state index contributed by atoms with van der Waals surface area (Å²) in [5.74, 6) is 0. The molecule has 0 unspecified atom stereocenters. The first kappa shape index (κ1) is 14.7. The number of benzene rings is 1. The predicted molar refractivity (Wildman–Crippen MR) is 82.1 cm³/mol. The van der Waals surface area contributed by atoms with E-state index in [4.69, 9.17) is 11.6 Å². The third kappa shape index (κ3) is 3.46. The zero-order chi connectivity index (χ0) is 14.7. The van der Waals surface area contributed by atoms with Gasteiger partial charge in [0, 0.05) is 22.6 Å². The normalized spacial score (nSPS) is 10.3. The molecule has 0 radical (unpaired) electrons. The van der Waals surface area contributed by atoms with Crippen molar-refractivity contribution < 1.29 is 4.92 Å². The van der Waals surface area contributed by atoms with E-state index in [2.05, 4.69) is 26.2 Å². The molecule has 0 saturated carbocycles. The third-order valence-corrected chi connectivity index (χ3v) is 3.63. The van der Waals surface area contributed by atoms with Crippen molar-refractivity contribution in [2.75, 3.05) is 5.32 Å². The molecule has 0 aliphatic carbocycles. The SMILES string of the molecule is Cc1cc(NCc2ccc(Br)cc2[N+](=O)[O-])cnc1Cl. The highest BCUT2D eigenvalue weighted by atomic mass is 79.9. The van der Waals surface area contributed by atoms with Gasteiger partial charge in [-0.15, -0.1) is 0 Å². The summed E-state index contributed by atoms with van der Waals surface area (Å²) >= 11 is 9.08. The topological polar surface area (TPSA) is 68.1 Å². The zero-order valence-electron chi connectivity index (χ0n) is 10.6. The van der Waals surface area contributed by atoms with E-state index in [0.29, 0.717) is 21.7 Å². The van der Waals surface area contributed by atoms with E-state index in [9.17, 15) is 10.1 Å². The van der Waals surface area contributed by atoms with Crippen LogP contribution in [0.1, 0.15) is 11.1 Å². The van der Waals surface area contributed by atoms with Crippen LogP contribution in [0, 0.1) is 17.0 Å². The summed E-state index contributed by atoms with van der Waals surface area (Å²) < 4.78 is 0.678. The molecule has 1 aromatic carbocycles. The maximum absolute atomic E-state index is 11.0. The van der Waals surface area contributed by atoms with E-state index in [-0.39, 0.29) is 5.69 Å². The molecule has 104 valence electrons. The molecular formula is C13H11BrClN3O2. The monoisotopic (exact) mass is 355 g/mol. The maximum Gasteiger partial charge on any atom is 0.275 e. The Balaban J connectivity index is 2.18. The maximum atomic E-state index is 11.0. The fourth-order valence-corrected chi connectivity index (χ4v) is 2.16. The van der Waals surface area contributed by atoms with E-state index in [1.165, 1.54) is 6.07 Å². The van der Waals surface area contributed by atoms with Crippen LogP contribution in [0.4, 0.5) is 11.4 Å². The van der Waals surface area contributed by atoms with Gasteiger partial charge < -0.3 is 5.32 Å². The Bertz CT molecular complexity index is 664. The minimum Gasteiger partial charge on any atom is -0.379 e. The predicted octanol–water partition coefficient (Wildman–Crippen LogP) is 4.33. The number of nitro groups is 1. The Labute approximate surface area is 129 Å². The van der Waals surface area contributed by atoms with Crippen molar-refractivity contribution in [1.29, 1.82) is 0 Å². The number of nitrogens with zero attached hydrogens (tertiary/aromatic N) is 2. The van der Waals surface area contributed by atoms with Gasteiger partial charge in [-0.3, -0.25) is 10.1 Å². The number of nitrogens with one attached hydrogen (secondary N) is 1. The number of rotatable bonds is 4. The van der Waals surface area contributed by atoms with Crippen molar-refractivity contribution in [3.05, 3.63) is 61.3 Å². The summed E-state index contributed by atoms with van der Waals surface area (Å²) in [5.41, 5.74) is 2.29. The van der Waals surface area contributed by atoms with Crippen molar-refractivity contribution in [2.24, 2.45) is 0 Å². The molecule has 5 nitrogen and oxygen atoms in total. The molecule has 7 heteroatoms. The van der Waals surface area contributed by atoms with Crippen LogP contribution in [-0.4, -0.2) is 9.91 Å². The number of nitro benzene ring substituents is 1. The van der Waals surface area contributed by atoms with E-state index < -0.39 is 4.92 Å². The smallest absolute Gasteiger partial charge is 0.275 e. The molecular weight excluding hydrogens is 346 g/mol. The van der Waals surface area contributed by atoms with Crippen molar-refractivity contribution in [3.63, 3.8) is 0 Å². The number of anilines is 1. The highest BCUT2D eigenvalue weighted by molar-refractivity contribution is 9.10. The number of halogens is 2. The van der Waals surface area contributed by atoms with Gasteiger partial charge in [-0.25, -0.2) is 4.98 Å². The molecule has 1 N–H and O–H groups in total. The fraction of sp³-hybridized carbons (Fsp3) is 0.154. The molecule has 1 heterocycles. The molecule has 20 heavy (non-hydrogen) atoms. The van der Waals surface area contributed by atoms with Gasteiger partial charge in [0.2, 0.25) is 0 Å². The summed E-state index contributed by atoms with van der Waals surface area (Å²) in [5, 5.41) is 14.6. The van der Waals surface area contributed by atoms with Crippen molar-refractivity contribution in [1.82, 2.24) is 4.98 Å². The minimum atomic E-state index is -0.396. The molecule has 2 rings (SSSR count). The van der Waals surface area contributed by atoms with Crippen LogP contribution in [0.25, 0.3) is 0 Å². The molecule has 0 aliphatic rings. The molecule has 2 aromatic rings. The molecule has 0 spiro atoms. The van der Waals surface area contributed by atoms with Crippen LogP contribution in [0.2, 0.25) is 5.15 Å². The number of hydrogen-bond acceptors (Lipinski definition) is 4. The number of pyridine rings is 1. The Morgan fingerprint density at radius 3 is 2.85 bits per heavy atom. The number of hydrogen-bond donors (Lipinski definition) is 1. The second kappa shape index (κ2) is 6.19. The summed E-state index contributed by atoms with van der Waals surface area (Å²) in [6.45, 7) is 2.19. The van der Waals surface area contributed by atoms with E-state index in [1.54, 1.807) is 18.3 Å². The number of aromatic nitrogens is 1. The van der Waals surface area contributed by atoms with Gasteiger partial charge >= 0.3 is 0 Å². The molecule has 1 aromatic heterocycles. The summed E-state index contributed by atoms with van der Waals surface area (Å²) in [7, 11) is 0. The Morgan fingerprint density at radius 1 is 1.45 bits per heavy atom. The summed E-state index contributed by atoms with van der Waals surface area (Å²) in [4.78, 5) is 14.6. The minimum absolute atomic E-state index is 0.0746. The lowest BCUT2D eigenvalue weighted by molar-refractivity contribution is -0.385. The zero-order valence-corrected chi connectivity index (χ0v) is 12.9. The lowest BCUT2D eigenvalue weighted by Gasteiger charge is -2.08. The molecule has 0 fully saturated rings. The van der Waals surface area contributed by atoms with Gasteiger partial charge in [0.15, 0.2) is 0 Å². The van der Waals surface area contributed by atoms with Gasteiger partial charge in [-0.1, -0.05) is 27.5 Å². The van der Waals surface area contributed by atoms with Gasteiger partial charge in [0.1, 0.15) is 5.15 Å². The van der Waals surface area contributed by atoms with E-state index in [1.807, 2.05) is 13.0 Å². The average molecular weight is 357 g/mol. The van der Waals surface area contributed by atoms with E-state index in [0.717, 1.165) is 11.3 Å². The van der Waals surface area contributed by atoms with Gasteiger partial charge in [0.25, 0.3) is 5.69 Å². The highest BCUT2D eigenvalue weighted by Gasteiger charge is 2.13. The largest absolute Gasteiger partial charge is 0.379 e. The molecule has 0 aliphatic heterocycles. The van der Waals surface area contributed by atoms with Crippen molar-refractivity contribution in [2.45, 2.75) is 13.5 Å². The van der Waals surface area contributed by atoms with Crippen LogP contribution in [0.3, 0.4) is 0 Å².